The molecule has 1 rings (SSSR count). The molecule has 15 heavy (non-hydrogen) atoms. The van der Waals surface area contributed by atoms with Gasteiger partial charge < -0.3 is 20.4 Å². The van der Waals surface area contributed by atoms with Crippen LogP contribution in [0.2, 0.25) is 0 Å². The number of hydrogen-bond donors (Lipinski definition) is 4. The number of hydrogen-bond acceptors (Lipinski definition) is 4. The fourth-order valence-corrected chi connectivity index (χ4v) is 1.86. The van der Waals surface area contributed by atoms with E-state index >= 15 is 0 Å². The van der Waals surface area contributed by atoms with Crippen LogP contribution in [0.5, 0.6) is 0 Å². The monoisotopic (exact) mass is 214 g/mol. The van der Waals surface area contributed by atoms with E-state index in [1.807, 2.05) is 0 Å². The number of rotatable bonds is 2. The van der Waals surface area contributed by atoms with E-state index in [0.717, 1.165) is 0 Å². The molecule has 0 saturated heterocycles. The van der Waals surface area contributed by atoms with Gasteiger partial charge >= 0.3 is 0 Å². The van der Waals surface area contributed by atoms with Gasteiger partial charge in [0.2, 0.25) is 0 Å². The summed E-state index contributed by atoms with van der Waals surface area (Å²) in [7, 11) is 0. The Balaban J connectivity index is 3.22. The third-order valence-electron chi connectivity index (χ3n) is 3.04. The molecule has 86 valence electrons. The van der Waals surface area contributed by atoms with Crippen molar-refractivity contribution in [2.45, 2.75) is 26.9 Å². The van der Waals surface area contributed by atoms with Crippen LogP contribution in [0, 0.1) is 11.8 Å². The van der Waals surface area contributed by atoms with Gasteiger partial charge in [-0.05, 0) is 6.92 Å². The van der Waals surface area contributed by atoms with E-state index in [1.165, 1.54) is 0 Å². The molecule has 1 aliphatic carbocycles. The van der Waals surface area contributed by atoms with Crippen LogP contribution in [-0.2, 0) is 0 Å². The Morgan fingerprint density at radius 1 is 1.33 bits per heavy atom. The third-order valence-corrected chi connectivity index (χ3v) is 3.04. The Hall–Kier alpha value is -1.00. The quantitative estimate of drug-likeness (QED) is 0.558. The van der Waals surface area contributed by atoms with Gasteiger partial charge in [0.1, 0.15) is 11.5 Å². The van der Waals surface area contributed by atoms with Gasteiger partial charge in [-0.3, -0.25) is 0 Å². The van der Waals surface area contributed by atoms with Crippen LogP contribution in [0.4, 0.5) is 0 Å². The standard InChI is InChI=1S/C11H18O4/c1-5(4-12)8-10(14)6(2)9(13)7(3)11(8)15/h5-6,10,12-15H,4H2,1-3H3. The molecule has 1 aliphatic rings. The smallest absolute Gasteiger partial charge is 0.124 e. The minimum atomic E-state index is -0.934. The molecule has 0 bridgehead atoms. The Bertz CT molecular complexity index is 317. The second kappa shape index (κ2) is 4.24. The van der Waals surface area contributed by atoms with Gasteiger partial charge in [-0.25, -0.2) is 0 Å². The minimum absolute atomic E-state index is 0.00823. The normalized spacial score (nSPS) is 29.7. The van der Waals surface area contributed by atoms with E-state index in [1.54, 1.807) is 20.8 Å². The van der Waals surface area contributed by atoms with Crippen LogP contribution in [0.3, 0.4) is 0 Å². The van der Waals surface area contributed by atoms with Gasteiger partial charge in [0.05, 0.1) is 6.10 Å². The molecule has 0 amide bonds. The Kier molecular flexibility index (Phi) is 3.42. The summed E-state index contributed by atoms with van der Waals surface area (Å²) in [6, 6.07) is 0. The van der Waals surface area contributed by atoms with Crippen molar-refractivity contribution in [1.29, 1.82) is 0 Å². The summed E-state index contributed by atoms with van der Waals surface area (Å²) in [4.78, 5) is 0. The number of aliphatic hydroxyl groups excluding tert-OH is 4. The highest BCUT2D eigenvalue weighted by Gasteiger charge is 2.34. The lowest BCUT2D eigenvalue weighted by Crippen LogP contribution is -2.32. The molecule has 4 nitrogen and oxygen atoms in total. The maximum atomic E-state index is 9.87. The summed E-state index contributed by atoms with van der Waals surface area (Å²) in [6.07, 6.45) is -0.934. The molecule has 0 aromatic heterocycles. The first-order valence-electron chi connectivity index (χ1n) is 5.03. The van der Waals surface area contributed by atoms with Gasteiger partial charge in [0, 0.05) is 29.6 Å². The van der Waals surface area contributed by atoms with Gasteiger partial charge in [-0.1, -0.05) is 13.8 Å². The molecule has 3 atom stereocenters. The molecule has 0 spiro atoms. The molecule has 0 fully saturated rings. The van der Waals surface area contributed by atoms with Crippen LogP contribution in [-0.4, -0.2) is 33.1 Å². The van der Waals surface area contributed by atoms with E-state index < -0.39 is 12.0 Å². The van der Waals surface area contributed by atoms with Crippen LogP contribution >= 0.6 is 0 Å². The summed E-state index contributed by atoms with van der Waals surface area (Å²) in [5, 5.41) is 38.3. The first-order chi connectivity index (χ1) is 6.91. The second-order valence-corrected chi connectivity index (χ2v) is 4.13. The first kappa shape index (κ1) is 12.1. The lowest BCUT2D eigenvalue weighted by molar-refractivity contribution is 0.108. The molecule has 4 heteroatoms. The molecule has 0 radical (unpaired) electrons. The molecule has 0 aliphatic heterocycles. The van der Waals surface area contributed by atoms with E-state index in [2.05, 4.69) is 0 Å². The van der Waals surface area contributed by atoms with Gasteiger partial charge in [-0.2, -0.15) is 0 Å². The number of aliphatic hydroxyl groups is 4. The predicted octanol–water partition coefficient (Wildman–Crippen LogP) is 1.27. The Morgan fingerprint density at radius 2 is 1.87 bits per heavy atom. The highest BCUT2D eigenvalue weighted by atomic mass is 16.3. The second-order valence-electron chi connectivity index (χ2n) is 4.13. The summed E-state index contributed by atoms with van der Waals surface area (Å²) in [5.41, 5.74) is 0.781. The van der Waals surface area contributed by atoms with Crippen LogP contribution in [0.25, 0.3) is 0 Å². The van der Waals surface area contributed by atoms with E-state index in [0.29, 0.717) is 11.1 Å². The molecular formula is C11H18O4. The van der Waals surface area contributed by atoms with Crippen molar-refractivity contribution in [2.24, 2.45) is 11.8 Å². The highest BCUT2D eigenvalue weighted by molar-refractivity contribution is 5.39. The minimum Gasteiger partial charge on any atom is -0.512 e. The van der Waals surface area contributed by atoms with Crippen molar-refractivity contribution in [2.75, 3.05) is 6.61 Å². The fraction of sp³-hybridized carbons (Fsp3) is 0.636. The zero-order valence-electron chi connectivity index (χ0n) is 9.23. The average Bonchev–Trinajstić information content (AvgIpc) is 2.23. The molecule has 0 aromatic rings. The molecule has 3 unspecified atom stereocenters. The molecule has 0 heterocycles. The molecular weight excluding hydrogens is 196 g/mol. The van der Waals surface area contributed by atoms with Crippen LogP contribution in [0.1, 0.15) is 20.8 Å². The van der Waals surface area contributed by atoms with Crippen LogP contribution in [0.15, 0.2) is 22.7 Å². The SMILES string of the molecule is CC1=C(O)C(C)C(O)C(C(C)CO)=C1O. The van der Waals surface area contributed by atoms with Gasteiger partial charge in [-0.15, -0.1) is 0 Å². The average molecular weight is 214 g/mol. The molecule has 0 saturated carbocycles. The van der Waals surface area contributed by atoms with Crippen molar-refractivity contribution < 1.29 is 20.4 Å². The van der Waals surface area contributed by atoms with Crippen LogP contribution < -0.4 is 0 Å². The lowest BCUT2D eigenvalue weighted by Gasteiger charge is -2.31. The van der Waals surface area contributed by atoms with E-state index in [9.17, 15) is 15.3 Å². The number of allylic oxidation sites excluding steroid dienone is 1. The van der Waals surface area contributed by atoms with E-state index in [4.69, 9.17) is 5.11 Å². The zero-order valence-corrected chi connectivity index (χ0v) is 9.23. The van der Waals surface area contributed by atoms with Crippen molar-refractivity contribution in [3.05, 3.63) is 22.7 Å². The third kappa shape index (κ3) is 1.87. The summed E-state index contributed by atoms with van der Waals surface area (Å²) in [5.74, 6) is -0.844. The fourth-order valence-electron chi connectivity index (χ4n) is 1.86. The lowest BCUT2D eigenvalue weighted by atomic mass is 9.81. The van der Waals surface area contributed by atoms with Gasteiger partial charge in [0.15, 0.2) is 0 Å². The Labute approximate surface area is 89.2 Å². The predicted molar refractivity (Wildman–Crippen MR) is 56.4 cm³/mol. The van der Waals surface area contributed by atoms with Crippen molar-refractivity contribution in [3.63, 3.8) is 0 Å². The topological polar surface area (TPSA) is 80.9 Å². The van der Waals surface area contributed by atoms with E-state index in [-0.39, 0.29) is 24.0 Å². The van der Waals surface area contributed by atoms with Gasteiger partial charge in [0.25, 0.3) is 0 Å². The van der Waals surface area contributed by atoms with Crippen molar-refractivity contribution in [3.8, 4) is 0 Å². The maximum absolute atomic E-state index is 9.87. The molecule has 0 aromatic carbocycles. The van der Waals surface area contributed by atoms with Crippen molar-refractivity contribution in [1.82, 2.24) is 0 Å². The first-order valence-corrected chi connectivity index (χ1v) is 5.03. The largest absolute Gasteiger partial charge is 0.512 e. The molecule has 4 N–H and O–H groups in total. The maximum Gasteiger partial charge on any atom is 0.124 e. The summed E-state index contributed by atoms with van der Waals surface area (Å²) < 4.78 is 0. The summed E-state index contributed by atoms with van der Waals surface area (Å²) in [6.45, 7) is 4.85. The highest BCUT2D eigenvalue weighted by Crippen LogP contribution is 2.35. The van der Waals surface area contributed by atoms with Crippen molar-refractivity contribution >= 4 is 0 Å². The zero-order chi connectivity index (χ0) is 11.7. The summed E-state index contributed by atoms with van der Waals surface area (Å²) >= 11 is 0. The Morgan fingerprint density at radius 3 is 2.33 bits per heavy atom.